The van der Waals surface area contributed by atoms with Gasteiger partial charge in [-0.25, -0.2) is 0 Å². The average molecular weight is 298 g/mol. The zero-order valence-corrected chi connectivity index (χ0v) is 14.2. The van der Waals surface area contributed by atoms with E-state index in [1.54, 1.807) is 0 Å². The topological polar surface area (TPSA) is 32.3 Å². The molecule has 0 aromatic rings. The van der Waals surface area contributed by atoms with Gasteiger partial charge in [0.25, 0.3) is 0 Å². The molecule has 1 aliphatic carbocycles. The van der Waals surface area contributed by atoms with E-state index >= 15 is 0 Å². The third kappa shape index (κ3) is 3.33. The van der Waals surface area contributed by atoms with Gasteiger partial charge in [-0.2, -0.15) is 11.8 Å². The maximum Gasteiger partial charge on any atom is 0.241 e. The van der Waals surface area contributed by atoms with E-state index in [9.17, 15) is 4.79 Å². The third-order valence-corrected chi connectivity index (χ3v) is 5.86. The van der Waals surface area contributed by atoms with Gasteiger partial charge < -0.3 is 4.90 Å². The van der Waals surface area contributed by atoms with E-state index in [0.717, 1.165) is 12.8 Å². The molecule has 1 heterocycles. The minimum atomic E-state index is 0.0457. The average Bonchev–Trinajstić information content (AvgIpc) is 2.74. The Labute approximate surface area is 128 Å². The van der Waals surface area contributed by atoms with Crippen LogP contribution < -0.4 is 5.32 Å². The van der Waals surface area contributed by atoms with E-state index in [-0.39, 0.29) is 12.2 Å². The van der Waals surface area contributed by atoms with Crippen molar-refractivity contribution in [3.05, 3.63) is 0 Å². The van der Waals surface area contributed by atoms with Gasteiger partial charge >= 0.3 is 0 Å². The van der Waals surface area contributed by atoms with Crippen LogP contribution >= 0.6 is 11.8 Å². The van der Waals surface area contributed by atoms with Gasteiger partial charge in [-0.1, -0.05) is 33.6 Å². The molecule has 2 aliphatic rings. The molecular weight excluding hydrogens is 268 g/mol. The maximum atomic E-state index is 12.8. The SMILES string of the molecule is CCC1NC(CC(C)C)C(=O)N1C1CCCCC1SC. The van der Waals surface area contributed by atoms with Crippen molar-refractivity contribution in [2.45, 2.75) is 82.8 Å². The number of hydrogen-bond acceptors (Lipinski definition) is 3. The van der Waals surface area contributed by atoms with Crippen molar-refractivity contribution in [2.24, 2.45) is 5.92 Å². The van der Waals surface area contributed by atoms with Crippen molar-refractivity contribution in [2.75, 3.05) is 6.26 Å². The highest BCUT2D eigenvalue weighted by molar-refractivity contribution is 7.99. The minimum Gasteiger partial charge on any atom is -0.322 e. The number of nitrogens with zero attached hydrogens (tertiary/aromatic N) is 1. The number of thioether (sulfide) groups is 1. The molecule has 4 atom stereocenters. The lowest BCUT2D eigenvalue weighted by Gasteiger charge is -2.39. The Morgan fingerprint density at radius 3 is 2.65 bits per heavy atom. The summed E-state index contributed by atoms with van der Waals surface area (Å²) in [4.78, 5) is 15.0. The third-order valence-electron chi connectivity index (χ3n) is 4.70. The minimum absolute atomic E-state index is 0.0457. The highest BCUT2D eigenvalue weighted by atomic mass is 32.2. The van der Waals surface area contributed by atoms with Crippen LogP contribution in [0.25, 0.3) is 0 Å². The van der Waals surface area contributed by atoms with Crippen LogP contribution in [0.5, 0.6) is 0 Å². The van der Waals surface area contributed by atoms with Crippen molar-refractivity contribution in [3.8, 4) is 0 Å². The van der Waals surface area contributed by atoms with Crippen molar-refractivity contribution >= 4 is 17.7 Å². The smallest absolute Gasteiger partial charge is 0.241 e. The summed E-state index contributed by atoms with van der Waals surface area (Å²) in [6.07, 6.45) is 9.47. The summed E-state index contributed by atoms with van der Waals surface area (Å²) < 4.78 is 0. The van der Waals surface area contributed by atoms with Crippen LogP contribution in [0.1, 0.15) is 59.3 Å². The first-order valence-corrected chi connectivity index (χ1v) is 9.48. The van der Waals surface area contributed by atoms with Crippen LogP contribution in [0.3, 0.4) is 0 Å². The van der Waals surface area contributed by atoms with Crippen LogP contribution in [0.15, 0.2) is 0 Å². The number of carbonyl (C=O) groups excluding carboxylic acids is 1. The number of hydrogen-bond donors (Lipinski definition) is 1. The molecule has 1 saturated heterocycles. The lowest BCUT2D eigenvalue weighted by molar-refractivity contribution is -0.133. The largest absolute Gasteiger partial charge is 0.322 e. The molecule has 3 nitrogen and oxygen atoms in total. The molecule has 0 aromatic heterocycles. The van der Waals surface area contributed by atoms with Gasteiger partial charge in [-0.3, -0.25) is 10.1 Å². The second kappa shape index (κ2) is 7.17. The lowest BCUT2D eigenvalue weighted by Crippen LogP contribution is -2.50. The first-order chi connectivity index (χ1) is 9.58. The molecule has 4 unspecified atom stereocenters. The molecule has 0 spiro atoms. The summed E-state index contributed by atoms with van der Waals surface area (Å²) in [5.41, 5.74) is 0. The Bertz CT molecular complexity index is 334. The van der Waals surface area contributed by atoms with Crippen molar-refractivity contribution < 1.29 is 4.79 Å². The lowest BCUT2D eigenvalue weighted by atomic mass is 9.93. The number of rotatable bonds is 5. The molecule has 1 amide bonds. The molecule has 0 aromatic carbocycles. The Balaban J connectivity index is 2.13. The fourth-order valence-corrected chi connectivity index (χ4v) is 4.72. The van der Waals surface area contributed by atoms with Crippen LogP contribution in [-0.2, 0) is 4.79 Å². The van der Waals surface area contributed by atoms with E-state index in [1.807, 2.05) is 11.8 Å². The van der Waals surface area contributed by atoms with Gasteiger partial charge in [0, 0.05) is 11.3 Å². The van der Waals surface area contributed by atoms with Crippen LogP contribution in [0.2, 0.25) is 0 Å². The molecule has 116 valence electrons. The molecule has 1 N–H and O–H groups in total. The molecule has 20 heavy (non-hydrogen) atoms. The van der Waals surface area contributed by atoms with Crippen molar-refractivity contribution in [1.29, 1.82) is 0 Å². The van der Waals surface area contributed by atoms with E-state index in [0.29, 0.717) is 23.1 Å². The predicted molar refractivity (Wildman–Crippen MR) is 86.9 cm³/mol. The van der Waals surface area contributed by atoms with Crippen molar-refractivity contribution in [3.63, 3.8) is 0 Å². The van der Waals surface area contributed by atoms with Gasteiger partial charge in [-0.15, -0.1) is 0 Å². The molecule has 1 aliphatic heterocycles. The number of nitrogens with one attached hydrogen (secondary N) is 1. The molecule has 4 heteroatoms. The molecule has 0 radical (unpaired) electrons. The number of amides is 1. The first kappa shape index (κ1) is 16.2. The summed E-state index contributed by atoms with van der Waals surface area (Å²) in [5.74, 6) is 0.924. The van der Waals surface area contributed by atoms with Crippen molar-refractivity contribution in [1.82, 2.24) is 10.2 Å². The van der Waals surface area contributed by atoms with Gasteiger partial charge in [-0.05, 0) is 37.9 Å². The summed E-state index contributed by atoms with van der Waals surface area (Å²) in [6.45, 7) is 6.58. The Hall–Kier alpha value is -0.220. The summed E-state index contributed by atoms with van der Waals surface area (Å²) in [6, 6.07) is 0.491. The van der Waals surface area contributed by atoms with Crippen LogP contribution in [0.4, 0.5) is 0 Å². The Kier molecular flexibility index (Phi) is 5.79. The quantitative estimate of drug-likeness (QED) is 0.845. The second-order valence-corrected chi connectivity index (χ2v) is 7.72. The fourth-order valence-electron chi connectivity index (χ4n) is 3.74. The standard InChI is InChI=1S/C16H30N2OS/c1-5-15-17-12(10-11(2)3)16(19)18(15)13-8-6-7-9-14(13)20-4/h11-15,17H,5-10H2,1-4H3. The molecule has 2 rings (SSSR count). The zero-order valence-electron chi connectivity index (χ0n) is 13.4. The van der Waals surface area contributed by atoms with Gasteiger partial charge in [0.2, 0.25) is 5.91 Å². The Morgan fingerprint density at radius 1 is 1.35 bits per heavy atom. The van der Waals surface area contributed by atoms with E-state index in [1.165, 1.54) is 25.7 Å². The molecular formula is C16H30N2OS. The Morgan fingerprint density at radius 2 is 2.05 bits per heavy atom. The highest BCUT2D eigenvalue weighted by Crippen LogP contribution is 2.34. The molecule has 0 bridgehead atoms. The molecule has 1 saturated carbocycles. The zero-order chi connectivity index (χ0) is 14.7. The monoisotopic (exact) mass is 298 g/mol. The van der Waals surface area contributed by atoms with Gasteiger partial charge in [0.15, 0.2) is 0 Å². The second-order valence-electron chi connectivity index (χ2n) is 6.64. The molecule has 2 fully saturated rings. The fraction of sp³-hybridized carbons (Fsp3) is 0.938. The van der Waals surface area contributed by atoms with E-state index in [4.69, 9.17) is 0 Å². The van der Waals surface area contributed by atoms with E-state index in [2.05, 4.69) is 37.2 Å². The highest BCUT2D eigenvalue weighted by Gasteiger charge is 2.44. The normalized spacial score (nSPS) is 35.0. The summed E-state index contributed by atoms with van der Waals surface area (Å²) in [5, 5.41) is 4.21. The van der Waals surface area contributed by atoms with Gasteiger partial charge in [0.05, 0.1) is 12.2 Å². The van der Waals surface area contributed by atoms with E-state index < -0.39 is 0 Å². The maximum absolute atomic E-state index is 12.8. The summed E-state index contributed by atoms with van der Waals surface area (Å²) in [7, 11) is 0. The van der Waals surface area contributed by atoms with Gasteiger partial charge in [0.1, 0.15) is 0 Å². The van der Waals surface area contributed by atoms with Crippen LogP contribution in [-0.4, -0.2) is 40.6 Å². The first-order valence-electron chi connectivity index (χ1n) is 8.19. The number of carbonyl (C=O) groups is 1. The predicted octanol–water partition coefficient (Wildman–Crippen LogP) is 3.24. The van der Waals surface area contributed by atoms with Crippen LogP contribution in [0, 0.1) is 5.92 Å². The summed E-state index contributed by atoms with van der Waals surface area (Å²) >= 11 is 1.95.